The number of carbonyl (C=O) groups is 1. The average Bonchev–Trinajstić information content (AvgIpc) is 2.67. The van der Waals surface area contributed by atoms with Crippen LogP contribution < -0.4 is 0 Å². The Hall–Kier alpha value is -2.65. The molecule has 2 aromatic carbocycles. The summed E-state index contributed by atoms with van der Waals surface area (Å²) >= 11 is 11.9. The summed E-state index contributed by atoms with van der Waals surface area (Å²) in [4.78, 5) is 16.9. The topological polar surface area (TPSA) is 59.4 Å². The smallest absolute Gasteiger partial charge is 0.266 e. The molecule has 0 saturated carbocycles. The molecule has 0 aliphatic carbocycles. The van der Waals surface area contributed by atoms with Gasteiger partial charge in [0.2, 0.25) is 0 Å². The minimum absolute atomic E-state index is 0.198. The van der Waals surface area contributed by atoms with Crippen molar-refractivity contribution in [1.29, 1.82) is 0 Å². The van der Waals surface area contributed by atoms with Crippen molar-refractivity contribution in [1.82, 2.24) is 4.98 Å². The number of halogens is 2. The number of benzene rings is 2. The Kier molecular flexibility index (Phi) is 6.39. The van der Waals surface area contributed by atoms with Crippen molar-refractivity contribution in [3.63, 3.8) is 0 Å². The predicted molar refractivity (Wildman–Crippen MR) is 117 cm³/mol. The lowest BCUT2D eigenvalue weighted by molar-refractivity contribution is 0.100. The van der Waals surface area contributed by atoms with E-state index in [0.717, 1.165) is 11.1 Å². The summed E-state index contributed by atoms with van der Waals surface area (Å²) in [7, 11) is -3.03. The molecule has 0 saturated heterocycles. The molecule has 1 aromatic heterocycles. The van der Waals surface area contributed by atoms with E-state index in [0.29, 0.717) is 15.6 Å². The van der Waals surface area contributed by atoms with Crippen molar-refractivity contribution in [2.24, 2.45) is 4.36 Å². The van der Waals surface area contributed by atoms with Crippen LogP contribution in [-0.2, 0) is 9.73 Å². The summed E-state index contributed by atoms with van der Waals surface area (Å²) in [5.41, 5.74) is 2.76. The number of nitrogens with zero attached hydrogens (tertiary/aromatic N) is 2. The first-order valence-electron chi connectivity index (χ1n) is 8.49. The molecule has 1 unspecified atom stereocenters. The van der Waals surface area contributed by atoms with Gasteiger partial charge in [0, 0.05) is 39.8 Å². The van der Waals surface area contributed by atoms with Crippen molar-refractivity contribution in [2.75, 3.05) is 6.26 Å². The van der Waals surface area contributed by atoms with E-state index in [2.05, 4.69) is 21.2 Å². The van der Waals surface area contributed by atoms with E-state index in [9.17, 15) is 9.00 Å². The molecule has 0 radical (unpaired) electrons. The van der Waals surface area contributed by atoms with Crippen molar-refractivity contribution in [3.8, 4) is 11.8 Å². The Morgan fingerprint density at radius 2 is 1.59 bits per heavy atom. The highest BCUT2D eigenvalue weighted by atomic mass is 35.5. The summed E-state index contributed by atoms with van der Waals surface area (Å²) in [5, 5.41) is 0.638. The van der Waals surface area contributed by atoms with Gasteiger partial charge >= 0.3 is 0 Å². The molecule has 0 N–H and O–H groups in total. The maximum Gasteiger partial charge on any atom is 0.286 e. The molecule has 0 fully saturated rings. The first-order valence-corrected chi connectivity index (χ1v) is 11.2. The van der Waals surface area contributed by atoms with Crippen LogP contribution in [-0.4, -0.2) is 21.4 Å². The Morgan fingerprint density at radius 1 is 0.966 bits per heavy atom. The summed E-state index contributed by atoms with van der Waals surface area (Å²) in [6.45, 7) is 2.00. The normalized spacial score (nSPS) is 12.4. The van der Waals surface area contributed by atoms with Crippen LogP contribution in [0.3, 0.4) is 0 Å². The highest BCUT2D eigenvalue weighted by molar-refractivity contribution is 7.93. The quantitative estimate of drug-likeness (QED) is 0.499. The molecule has 1 amide bonds. The number of hydrogen-bond donors (Lipinski definition) is 0. The molecule has 1 atom stereocenters. The minimum Gasteiger partial charge on any atom is -0.266 e. The van der Waals surface area contributed by atoms with Crippen LogP contribution in [0.4, 0.5) is 0 Å². The van der Waals surface area contributed by atoms with Gasteiger partial charge in [0.15, 0.2) is 0 Å². The van der Waals surface area contributed by atoms with Gasteiger partial charge in [-0.2, -0.15) is 4.36 Å². The number of amides is 1. The van der Waals surface area contributed by atoms with Gasteiger partial charge in [0.25, 0.3) is 5.91 Å². The zero-order chi connectivity index (χ0) is 21.0. The van der Waals surface area contributed by atoms with Crippen LogP contribution in [0.5, 0.6) is 0 Å². The summed E-state index contributed by atoms with van der Waals surface area (Å²) in [6.07, 6.45) is 4.28. The van der Waals surface area contributed by atoms with E-state index in [1.165, 1.54) is 30.7 Å². The minimum atomic E-state index is -3.03. The molecule has 1 heterocycles. The summed E-state index contributed by atoms with van der Waals surface area (Å²) < 4.78 is 16.8. The number of aryl methyl sites for hydroxylation is 1. The molecule has 0 spiro atoms. The molecule has 4 nitrogen and oxygen atoms in total. The number of carbonyl (C=O) groups excluding carboxylic acids is 1. The van der Waals surface area contributed by atoms with Gasteiger partial charge in [-0.25, -0.2) is 4.21 Å². The molecule has 29 heavy (non-hydrogen) atoms. The molecule has 3 aromatic rings. The molecule has 0 bridgehead atoms. The molecule has 3 rings (SSSR count). The average molecular weight is 443 g/mol. The van der Waals surface area contributed by atoms with Gasteiger partial charge in [-0.1, -0.05) is 52.7 Å². The SMILES string of the molecule is Cc1ccc(C#Cc2cncc(C(=O)N=S(C)(=O)c3cc(Cl)cc(Cl)c3)c2)cc1. The maximum absolute atomic E-state index is 12.9. The molecule has 0 aliphatic heterocycles. The molecule has 146 valence electrons. The predicted octanol–water partition coefficient (Wildman–Crippen LogP) is 5.39. The third-order valence-electron chi connectivity index (χ3n) is 3.92. The highest BCUT2D eigenvalue weighted by Gasteiger charge is 2.13. The second-order valence-electron chi connectivity index (χ2n) is 6.38. The van der Waals surface area contributed by atoms with Crippen LogP contribution in [0.1, 0.15) is 27.0 Å². The van der Waals surface area contributed by atoms with Crippen molar-refractivity contribution in [3.05, 3.63) is 93.2 Å². The zero-order valence-electron chi connectivity index (χ0n) is 15.6. The summed E-state index contributed by atoms with van der Waals surface area (Å²) in [6, 6.07) is 13.8. The van der Waals surface area contributed by atoms with Crippen LogP contribution in [0, 0.1) is 18.8 Å². The lowest BCUT2D eigenvalue weighted by atomic mass is 10.1. The van der Waals surface area contributed by atoms with Gasteiger partial charge < -0.3 is 0 Å². The van der Waals surface area contributed by atoms with Gasteiger partial charge in [0.05, 0.1) is 20.2 Å². The zero-order valence-corrected chi connectivity index (χ0v) is 18.0. The second kappa shape index (κ2) is 8.79. The van der Waals surface area contributed by atoms with Crippen molar-refractivity contribution < 1.29 is 9.00 Å². The van der Waals surface area contributed by atoms with E-state index < -0.39 is 15.6 Å². The Morgan fingerprint density at radius 3 is 2.24 bits per heavy atom. The van der Waals surface area contributed by atoms with E-state index in [4.69, 9.17) is 23.2 Å². The Balaban J connectivity index is 1.90. The Bertz CT molecular complexity index is 1250. The lowest BCUT2D eigenvalue weighted by Gasteiger charge is -2.05. The maximum atomic E-state index is 12.9. The first kappa shape index (κ1) is 21.1. The fraction of sp³-hybridized carbons (Fsp3) is 0.0909. The van der Waals surface area contributed by atoms with E-state index >= 15 is 0 Å². The number of pyridine rings is 1. The van der Waals surface area contributed by atoms with Crippen LogP contribution in [0.15, 0.2) is 70.2 Å². The number of aromatic nitrogens is 1. The summed E-state index contributed by atoms with van der Waals surface area (Å²) in [5.74, 6) is 5.34. The third-order valence-corrected chi connectivity index (χ3v) is 5.98. The van der Waals surface area contributed by atoms with E-state index in [-0.39, 0.29) is 10.5 Å². The van der Waals surface area contributed by atoms with Crippen LogP contribution >= 0.6 is 23.2 Å². The van der Waals surface area contributed by atoms with Crippen molar-refractivity contribution in [2.45, 2.75) is 11.8 Å². The standard InChI is InChI=1S/C22H16Cl2N2O2S/c1-15-3-5-16(6-4-15)7-8-17-9-18(14-25-13-17)22(27)26-29(2,28)21-11-19(23)10-20(24)12-21/h3-6,9-14H,1-2H3. The van der Waals surface area contributed by atoms with Gasteiger partial charge in [0.1, 0.15) is 0 Å². The molecular formula is C22H16Cl2N2O2S. The molecule has 7 heteroatoms. The van der Waals surface area contributed by atoms with E-state index in [1.54, 1.807) is 12.3 Å². The largest absolute Gasteiger partial charge is 0.286 e. The van der Waals surface area contributed by atoms with Crippen LogP contribution in [0.25, 0.3) is 0 Å². The highest BCUT2D eigenvalue weighted by Crippen LogP contribution is 2.23. The van der Waals surface area contributed by atoms with Crippen molar-refractivity contribution >= 4 is 38.8 Å². The fourth-order valence-electron chi connectivity index (χ4n) is 2.42. The van der Waals surface area contributed by atoms with Crippen LogP contribution in [0.2, 0.25) is 10.0 Å². The third kappa shape index (κ3) is 5.68. The van der Waals surface area contributed by atoms with Gasteiger partial charge in [-0.05, 0) is 43.3 Å². The Labute approximate surface area is 180 Å². The first-order chi connectivity index (χ1) is 13.7. The van der Waals surface area contributed by atoms with Gasteiger partial charge in [-0.15, -0.1) is 0 Å². The monoisotopic (exact) mass is 442 g/mol. The second-order valence-corrected chi connectivity index (χ2v) is 9.51. The van der Waals surface area contributed by atoms with E-state index in [1.807, 2.05) is 31.2 Å². The number of hydrogen-bond acceptors (Lipinski definition) is 3. The lowest BCUT2D eigenvalue weighted by Crippen LogP contribution is -2.04. The fourth-order valence-corrected chi connectivity index (χ4v) is 4.29. The molecule has 0 aliphatic rings. The molecular weight excluding hydrogens is 427 g/mol. The van der Waals surface area contributed by atoms with Gasteiger partial charge in [-0.3, -0.25) is 9.78 Å². The number of rotatable bonds is 2.